The lowest BCUT2D eigenvalue weighted by atomic mass is 10.0. The minimum atomic E-state index is -4.33. The fourth-order valence-corrected chi connectivity index (χ4v) is 8.49. The molecule has 0 saturated carbocycles. The van der Waals surface area contributed by atoms with Gasteiger partial charge in [0.25, 0.3) is 0 Å². The van der Waals surface area contributed by atoms with Crippen molar-refractivity contribution in [1.29, 1.82) is 0 Å². The highest BCUT2D eigenvalue weighted by Gasteiger charge is 2.16. The van der Waals surface area contributed by atoms with E-state index in [0.717, 1.165) is 22.1 Å². The van der Waals surface area contributed by atoms with Gasteiger partial charge < -0.3 is 18.1 Å². The van der Waals surface area contributed by atoms with Crippen LogP contribution in [0.3, 0.4) is 0 Å². The second kappa shape index (κ2) is 41.4. The molecule has 2 aromatic rings. The van der Waals surface area contributed by atoms with Crippen LogP contribution in [-0.2, 0) is 33.3 Å². The monoisotopic (exact) mass is 889 g/mol. The van der Waals surface area contributed by atoms with Crippen LogP contribution in [0.5, 0.6) is 0 Å². The molecule has 356 valence electrons. The summed E-state index contributed by atoms with van der Waals surface area (Å²) in [6, 6.07) is 21.9. The van der Waals surface area contributed by atoms with E-state index in [1.54, 1.807) is 0 Å². The van der Waals surface area contributed by atoms with Gasteiger partial charge in [0.15, 0.2) is 0 Å². The molecule has 0 N–H and O–H groups in total. The Labute approximate surface area is 386 Å². The zero-order chi connectivity index (χ0) is 45.2. The maximum atomic E-state index is 8.89. The van der Waals surface area contributed by atoms with Crippen LogP contribution in [-0.4, -0.2) is 63.6 Å². The molecule has 0 fully saturated rings. The van der Waals surface area contributed by atoms with Gasteiger partial charge in [-0.25, -0.2) is 0 Å². The first-order valence-corrected chi connectivity index (χ1v) is 28.0. The van der Waals surface area contributed by atoms with Crippen LogP contribution in [0.4, 0.5) is 0 Å². The Balaban J connectivity index is 0.00000106. The smallest absolute Gasteiger partial charge is 0.104 e. The van der Waals surface area contributed by atoms with E-state index in [9.17, 15) is 0 Å². The Hall–Kier alpha value is -1.35. The van der Waals surface area contributed by atoms with Crippen LogP contribution in [0.2, 0.25) is 0 Å². The van der Waals surface area contributed by atoms with Crippen molar-refractivity contribution in [2.24, 2.45) is 0 Å². The first-order chi connectivity index (χ1) is 29.3. The summed E-state index contributed by atoms with van der Waals surface area (Å²) in [5, 5.41) is 0. The van der Waals surface area contributed by atoms with Crippen molar-refractivity contribution >= 4 is 20.2 Å². The van der Waals surface area contributed by atoms with Gasteiger partial charge >= 0.3 is 0 Å². The van der Waals surface area contributed by atoms with Crippen LogP contribution in [0, 0.1) is 0 Å². The van der Waals surface area contributed by atoms with Crippen molar-refractivity contribution in [1.82, 2.24) is 0 Å². The van der Waals surface area contributed by atoms with Crippen LogP contribution in [0.15, 0.2) is 60.7 Å². The van der Waals surface area contributed by atoms with E-state index in [4.69, 9.17) is 13.3 Å². The molecule has 0 heterocycles. The standard InChI is InChI=1S/2C27H50N.H2O3S2/c2*1-4-5-6-7-8-9-10-11-12-13-14-15-16-17-18-22-25-28(2,3)26-27-23-20-19-21-24-27;1-5(2,3)4/h2*19-21,23-24H,4-18,22,25-26H2,1-3H3;(H2,1,2,3,4)/q2*+1;/p-2. The summed E-state index contributed by atoms with van der Waals surface area (Å²) in [6.07, 6.45) is 46.3. The number of nitrogens with zero attached hydrogens (tertiary/aromatic N) is 2. The summed E-state index contributed by atoms with van der Waals surface area (Å²) in [5.74, 6) is 0. The molecule has 7 heteroatoms. The van der Waals surface area contributed by atoms with E-state index in [-0.39, 0.29) is 0 Å². The largest absolute Gasteiger partial charge is 0.780 e. The molecule has 2 aromatic carbocycles. The fourth-order valence-electron chi connectivity index (χ4n) is 8.49. The Morgan fingerprint density at radius 2 is 0.557 bits per heavy atom. The summed E-state index contributed by atoms with van der Waals surface area (Å²) in [7, 11) is 5.16. The molecule has 0 amide bonds. The first kappa shape index (κ1) is 59.6. The first-order valence-electron chi connectivity index (χ1n) is 25.7. The van der Waals surface area contributed by atoms with Gasteiger partial charge in [-0.05, 0) is 36.9 Å². The topological polar surface area (TPSA) is 63.2 Å². The predicted octanol–water partition coefficient (Wildman–Crippen LogP) is 16.0. The Morgan fingerprint density at radius 1 is 0.377 bits per heavy atom. The summed E-state index contributed by atoms with van der Waals surface area (Å²) in [5.41, 5.74) is 2.92. The maximum Gasteiger partial charge on any atom is 0.104 e. The summed E-state index contributed by atoms with van der Waals surface area (Å²) in [6.45, 7) is 9.50. The molecule has 5 nitrogen and oxygen atoms in total. The summed E-state index contributed by atoms with van der Waals surface area (Å²) < 4.78 is 28.9. The minimum absolute atomic E-state index is 1.11. The Kier molecular flexibility index (Phi) is 40.4. The van der Waals surface area contributed by atoms with E-state index in [1.807, 2.05) is 0 Å². The predicted molar refractivity (Wildman–Crippen MR) is 270 cm³/mol. The van der Waals surface area contributed by atoms with Gasteiger partial charge in [0.2, 0.25) is 0 Å². The molecule has 61 heavy (non-hydrogen) atoms. The summed E-state index contributed by atoms with van der Waals surface area (Å²) in [4.78, 5) is 0. The molecular formula is C54H100N2O3S2. The number of unbranched alkanes of at least 4 members (excludes halogenated alkanes) is 30. The molecule has 0 saturated heterocycles. The van der Waals surface area contributed by atoms with E-state index in [2.05, 4.69) is 114 Å². The molecule has 0 spiro atoms. The molecule has 0 atom stereocenters. The quantitative estimate of drug-likeness (QED) is 0.0498. The Morgan fingerprint density at radius 3 is 0.754 bits per heavy atom. The van der Waals surface area contributed by atoms with Gasteiger partial charge in [-0.3, -0.25) is 4.21 Å². The molecule has 0 aliphatic carbocycles. The molecule has 0 bridgehead atoms. The van der Waals surface area contributed by atoms with Gasteiger partial charge in [-0.1, -0.05) is 254 Å². The maximum absolute atomic E-state index is 8.89. The zero-order valence-electron chi connectivity index (χ0n) is 41.2. The lowest BCUT2D eigenvalue weighted by molar-refractivity contribution is -0.903. The molecule has 0 aliphatic rings. The van der Waals surface area contributed by atoms with E-state index in [0.29, 0.717) is 0 Å². The number of hydrogen-bond acceptors (Lipinski definition) is 4. The van der Waals surface area contributed by atoms with E-state index in [1.165, 1.54) is 230 Å². The molecule has 2 rings (SSSR count). The zero-order valence-corrected chi connectivity index (χ0v) is 42.8. The van der Waals surface area contributed by atoms with Crippen LogP contribution < -0.4 is 0 Å². The number of benzene rings is 2. The molecule has 0 aromatic heterocycles. The van der Waals surface area contributed by atoms with Crippen molar-refractivity contribution in [2.75, 3.05) is 41.3 Å². The van der Waals surface area contributed by atoms with E-state index < -0.39 is 9.05 Å². The highest BCUT2D eigenvalue weighted by molar-refractivity contribution is 8.26. The second-order valence-corrected chi connectivity index (χ2v) is 21.7. The van der Waals surface area contributed by atoms with Crippen molar-refractivity contribution in [2.45, 2.75) is 232 Å². The van der Waals surface area contributed by atoms with Crippen molar-refractivity contribution in [3.05, 3.63) is 71.8 Å². The summed E-state index contributed by atoms with van der Waals surface area (Å²) >= 11 is 3.24. The van der Waals surface area contributed by atoms with Crippen LogP contribution >= 0.6 is 0 Å². The average Bonchev–Trinajstić information content (AvgIpc) is 3.20. The van der Waals surface area contributed by atoms with Gasteiger partial charge in [0.05, 0.1) is 41.3 Å². The normalized spacial score (nSPS) is 11.8. The fraction of sp³-hybridized carbons (Fsp3) is 0.778. The highest BCUT2D eigenvalue weighted by atomic mass is 32.9. The minimum Gasteiger partial charge on any atom is -0.780 e. The number of hydrogen-bond donors (Lipinski definition) is 0. The number of rotatable bonds is 38. The third-order valence-electron chi connectivity index (χ3n) is 12.1. The molecule has 0 aliphatic heterocycles. The number of quaternary nitrogens is 2. The van der Waals surface area contributed by atoms with Gasteiger partial charge in [0, 0.05) is 11.1 Å². The lowest BCUT2D eigenvalue weighted by Crippen LogP contribution is -2.39. The molecule has 0 radical (unpaired) electrons. The van der Waals surface area contributed by atoms with Crippen LogP contribution in [0.25, 0.3) is 0 Å². The van der Waals surface area contributed by atoms with E-state index >= 15 is 0 Å². The van der Waals surface area contributed by atoms with Gasteiger partial charge in [0.1, 0.15) is 13.1 Å². The third-order valence-corrected chi connectivity index (χ3v) is 12.1. The van der Waals surface area contributed by atoms with Crippen molar-refractivity contribution in [3.63, 3.8) is 0 Å². The lowest BCUT2D eigenvalue weighted by Gasteiger charge is -2.30. The average molecular weight is 890 g/mol. The van der Waals surface area contributed by atoms with Gasteiger partial charge in [-0.2, -0.15) is 0 Å². The van der Waals surface area contributed by atoms with Gasteiger partial charge in [-0.15, -0.1) is 9.05 Å². The van der Waals surface area contributed by atoms with Crippen molar-refractivity contribution in [3.8, 4) is 0 Å². The highest BCUT2D eigenvalue weighted by Crippen LogP contribution is 2.17. The Bertz CT molecular complexity index is 1190. The van der Waals surface area contributed by atoms with Crippen molar-refractivity contribution < 1.29 is 22.3 Å². The molecular weight excluding hydrogens is 789 g/mol. The SMILES string of the molecule is CCCCCCCCCCCCCCCCCC[N+](C)(C)Cc1ccccc1.CCCCCCCCCCCCCCCCCC[N+](C)(C)Cc1ccccc1.O=S([O-])([O-])=S. The van der Waals surface area contributed by atoms with Crippen LogP contribution in [0.1, 0.15) is 230 Å². The molecule has 0 unspecified atom stereocenters. The second-order valence-electron chi connectivity index (χ2n) is 19.6. The third kappa shape index (κ3) is 48.0.